The van der Waals surface area contributed by atoms with Crippen LogP contribution in [0.4, 0.5) is 0 Å². The second kappa shape index (κ2) is 8.89. The first-order valence-corrected chi connectivity index (χ1v) is 8.66. The van der Waals surface area contributed by atoms with Gasteiger partial charge in [0, 0.05) is 18.9 Å². The fourth-order valence-electron chi connectivity index (χ4n) is 2.68. The SMILES string of the molecule is COc1ccc(OC(C)C(=O)N(Cc2cccnc2)Cc2ccco2)cc1. The van der Waals surface area contributed by atoms with Crippen molar-refractivity contribution in [2.75, 3.05) is 7.11 Å². The maximum atomic E-state index is 13.0. The standard InChI is InChI=1S/C21H22N2O4/c1-16(27-19-9-7-18(25-2)8-10-19)21(24)23(15-20-6-4-12-26-20)14-17-5-3-11-22-13-17/h3-13,16H,14-15H2,1-2H3. The van der Waals surface area contributed by atoms with Crippen LogP contribution in [-0.4, -0.2) is 29.0 Å². The zero-order valence-corrected chi connectivity index (χ0v) is 15.4. The summed E-state index contributed by atoms with van der Waals surface area (Å²) in [6.45, 7) is 2.52. The van der Waals surface area contributed by atoms with Crippen LogP contribution in [-0.2, 0) is 17.9 Å². The normalized spacial score (nSPS) is 11.6. The van der Waals surface area contributed by atoms with Crippen LogP contribution >= 0.6 is 0 Å². The molecule has 0 fully saturated rings. The monoisotopic (exact) mass is 366 g/mol. The van der Waals surface area contributed by atoms with Gasteiger partial charge in [0.15, 0.2) is 6.10 Å². The number of carbonyl (C=O) groups is 1. The number of carbonyl (C=O) groups excluding carboxylic acids is 1. The first-order valence-electron chi connectivity index (χ1n) is 8.66. The molecule has 1 amide bonds. The molecule has 0 N–H and O–H groups in total. The Morgan fingerprint density at radius 1 is 1.11 bits per heavy atom. The Morgan fingerprint density at radius 3 is 2.52 bits per heavy atom. The molecule has 0 aliphatic rings. The average molecular weight is 366 g/mol. The number of aromatic nitrogens is 1. The predicted molar refractivity (Wildman–Crippen MR) is 100 cm³/mol. The van der Waals surface area contributed by atoms with E-state index in [0.29, 0.717) is 24.6 Å². The highest BCUT2D eigenvalue weighted by Crippen LogP contribution is 2.19. The fourth-order valence-corrected chi connectivity index (χ4v) is 2.68. The Morgan fingerprint density at radius 2 is 1.89 bits per heavy atom. The van der Waals surface area contributed by atoms with Crippen LogP contribution < -0.4 is 9.47 Å². The van der Waals surface area contributed by atoms with Gasteiger partial charge in [-0.3, -0.25) is 9.78 Å². The molecule has 0 saturated heterocycles. The molecule has 1 unspecified atom stereocenters. The summed E-state index contributed by atoms with van der Waals surface area (Å²) in [5.41, 5.74) is 0.939. The van der Waals surface area contributed by atoms with Gasteiger partial charge in [-0.15, -0.1) is 0 Å². The summed E-state index contributed by atoms with van der Waals surface area (Å²) in [6, 6.07) is 14.6. The molecule has 6 nitrogen and oxygen atoms in total. The Hall–Kier alpha value is -3.28. The van der Waals surface area contributed by atoms with E-state index in [4.69, 9.17) is 13.9 Å². The first-order chi connectivity index (χ1) is 13.2. The molecule has 0 spiro atoms. The summed E-state index contributed by atoms with van der Waals surface area (Å²) in [5.74, 6) is 1.92. The summed E-state index contributed by atoms with van der Waals surface area (Å²) < 4.78 is 16.4. The lowest BCUT2D eigenvalue weighted by molar-refractivity contribution is -0.139. The van der Waals surface area contributed by atoms with E-state index in [2.05, 4.69) is 4.98 Å². The maximum Gasteiger partial charge on any atom is 0.264 e. The lowest BCUT2D eigenvalue weighted by Gasteiger charge is -2.25. The molecule has 0 radical (unpaired) electrons. The Labute approximate surface area is 158 Å². The van der Waals surface area contributed by atoms with Gasteiger partial charge < -0.3 is 18.8 Å². The van der Waals surface area contributed by atoms with Gasteiger partial charge in [-0.2, -0.15) is 0 Å². The van der Waals surface area contributed by atoms with E-state index in [1.54, 1.807) is 67.9 Å². The number of ether oxygens (including phenoxy) is 2. The number of benzene rings is 1. The van der Waals surface area contributed by atoms with Crippen LogP contribution in [0.3, 0.4) is 0 Å². The van der Waals surface area contributed by atoms with Gasteiger partial charge in [0.05, 0.1) is 19.9 Å². The summed E-state index contributed by atoms with van der Waals surface area (Å²) in [6.07, 6.45) is 4.40. The van der Waals surface area contributed by atoms with Gasteiger partial charge in [0.1, 0.15) is 17.3 Å². The third-order valence-corrected chi connectivity index (χ3v) is 4.05. The minimum atomic E-state index is -0.648. The average Bonchev–Trinajstić information content (AvgIpc) is 3.21. The Bertz CT molecular complexity index is 832. The summed E-state index contributed by atoms with van der Waals surface area (Å²) in [4.78, 5) is 18.8. The molecule has 1 atom stereocenters. The molecular formula is C21H22N2O4. The Balaban J connectivity index is 1.71. The molecule has 0 aliphatic carbocycles. The van der Waals surface area contributed by atoms with Crippen LogP contribution in [0.2, 0.25) is 0 Å². The number of hydrogen-bond donors (Lipinski definition) is 0. The molecule has 1 aromatic carbocycles. The van der Waals surface area contributed by atoms with E-state index in [1.165, 1.54) is 0 Å². The number of amides is 1. The first kappa shape index (κ1) is 18.5. The highest BCUT2D eigenvalue weighted by molar-refractivity contribution is 5.80. The second-order valence-corrected chi connectivity index (χ2v) is 6.07. The minimum absolute atomic E-state index is 0.133. The minimum Gasteiger partial charge on any atom is -0.497 e. The van der Waals surface area contributed by atoms with Crippen LogP contribution in [0, 0.1) is 0 Å². The number of nitrogens with zero attached hydrogens (tertiary/aromatic N) is 2. The highest BCUT2D eigenvalue weighted by Gasteiger charge is 2.23. The maximum absolute atomic E-state index is 13.0. The van der Waals surface area contributed by atoms with E-state index < -0.39 is 6.10 Å². The summed E-state index contributed by atoms with van der Waals surface area (Å²) >= 11 is 0. The molecule has 27 heavy (non-hydrogen) atoms. The number of hydrogen-bond acceptors (Lipinski definition) is 5. The van der Waals surface area contributed by atoms with E-state index in [-0.39, 0.29) is 5.91 Å². The van der Waals surface area contributed by atoms with Gasteiger partial charge in [0.25, 0.3) is 5.91 Å². The third kappa shape index (κ3) is 5.10. The van der Waals surface area contributed by atoms with Gasteiger partial charge in [0.2, 0.25) is 0 Å². The van der Waals surface area contributed by atoms with Crippen molar-refractivity contribution in [3.8, 4) is 11.5 Å². The molecule has 2 heterocycles. The summed E-state index contributed by atoms with van der Waals surface area (Å²) in [5, 5.41) is 0. The van der Waals surface area contributed by atoms with Crippen molar-refractivity contribution in [2.24, 2.45) is 0 Å². The lowest BCUT2D eigenvalue weighted by Crippen LogP contribution is -2.39. The molecule has 0 aliphatic heterocycles. The fraction of sp³-hybridized carbons (Fsp3) is 0.238. The molecule has 0 saturated carbocycles. The Kier molecular flexibility index (Phi) is 6.10. The molecule has 0 bridgehead atoms. The van der Waals surface area contributed by atoms with E-state index >= 15 is 0 Å². The molecule has 2 aromatic heterocycles. The van der Waals surface area contributed by atoms with Crippen molar-refractivity contribution in [3.63, 3.8) is 0 Å². The zero-order valence-electron chi connectivity index (χ0n) is 15.4. The lowest BCUT2D eigenvalue weighted by atomic mass is 10.2. The van der Waals surface area contributed by atoms with Crippen molar-refractivity contribution < 1.29 is 18.7 Å². The van der Waals surface area contributed by atoms with Crippen LogP contribution in [0.5, 0.6) is 11.5 Å². The van der Waals surface area contributed by atoms with E-state index in [1.807, 2.05) is 18.2 Å². The van der Waals surface area contributed by atoms with Gasteiger partial charge in [-0.25, -0.2) is 0 Å². The third-order valence-electron chi connectivity index (χ3n) is 4.05. The molecular weight excluding hydrogens is 344 g/mol. The molecule has 3 aromatic rings. The van der Waals surface area contributed by atoms with E-state index in [9.17, 15) is 4.79 Å². The number of pyridine rings is 1. The van der Waals surface area contributed by atoms with Gasteiger partial charge in [-0.1, -0.05) is 6.07 Å². The van der Waals surface area contributed by atoms with Gasteiger partial charge in [-0.05, 0) is 55.0 Å². The van der Waals surface area contributed by atoms with Crippen molar-refractivity contribution in [1.82, 2.24) is 9.88 Å². The van der Waals surface area contributed by atoms with E-state index in [0.717, 1.165) is 11.3 Å². The zero-order chi connectivity index (χ0) is 19.1. The number of furan rings is 1. The van der Waals surface area contributed by atoms with Crippen molar-refractivity contribution >= 4 is 5.91 Å². The van der Waals surface area contributed by atoms with Crippen LogP contribution in [0.25, 0.3) is 0 Å². The predicted octanol–water partition coefficient (Wildman–Crippen LogP) is 3.68. The van der Waals surface area contributed by atoms with Gasteiger partial charge >= 0.3 is 0 Å². The van der Waals surface area contributed by atoms with Crippen molar-refractivity contribution in [2.45, 2.75) is 26.1 Å². The smallest absolute Gasteiger partial charge is 0.264 e. The van der Waals surface area contributed by atoms with Crippen molar-refractivity contribution in [1.29, 1.82) is 0 Å². The molecule has 6 heteroatoms. The molecule has 3 rings (SSSR count). The van der Waals surface area contributed by atoms with Crippen LogP contribution in [0.15, 0.2) is 71.6 Å². The molecule has 140 valence electrons. The quantitative estimate of drug-likeness (QED) is 0.608. The largest absolute Gasteiger partial charge is 0.497 e. The number of rotatable bonds is 8. The topological polar surface area (TPSA) is 64.8 Å². The number of methoxy groups -OCH3 is 1. The summed E-state index contributed by atoms with van der Waals surface area (Å²) in [7, 11) is 1.60. The van der Waals surface area contributed by atoms with Crippen molar-refractivity contribution in [3.05, 3.63) is 78.5 Å². The second-order valence-electron chi connectivity index (χ2n) is 6.07. The van der Waals surface area contributed by atoms with Crippen LogP contribution in [0.1, 0.15) is 18.2 Å². The highest BCUT2D eigenvalue weighted by atomic mass is 16.5.